The summed E-state index contributed by atoms with van der Waals surface area (Å²) in [5.41, 5.74) is 3.33. The Labute approximate surface area is 132 Å². The van der Waals surface area contributed by atoms with E-state index in [-0.39, 0.29) is 0 Å². The zero-order valence-electron chi connectivity index (χ0n) is 11.7. The van der Waals surface area contributed by atoms with Crippen LogP contribution in [0.5, 0.6) is 0 Å². The molecule has 1 heterocycles. The SMILES string of the molecule is C=C(OC)[C@H](CC)Cc1cc(Br)c2[nH]ncc2c1CCl. The van der Waals surface area contributed by atoms with Crippen LogP contribution in [-0.2, 0) is 17.0 Å². The fraction of sp³-hybridized carbons (Fsp3) is 0.400. The second-order valence-electron chi connectivity index (χ2n) is 4.77. The fourth-order valence-corrected chi connectivity index (χ4v) is 3.33. The second kappa shape index (κ2) is 6.64. The normalized spacial score (nSPS) is 12.6. The molecule has 1 aromatic heterocycles. The van der Waals surface area contributed by atoms with Crippen LogP contribution in [0.3, 0.4) is 0 Å². The van der Waals surface area contributed by atoms with Crippen molar-refractivity contribution in [3.8, 4) is 0 Å². The second-order valence-corrected chi connectivity index (χ2v) is 5.89. The van der Waals surface area contributed by atoms with Crippen molar-refractivity contribution in [3.63, 3.8) is 0 Å². The van der Waals surface area contributed by atoms with E-state index < -0.39 is 0 Å². The minimum Gasteiger partial charge on any atom is -0.501 e. The average Bonchev–Trinajstić information content (AvgIpc) is 2.94. The van der Waals surface area contributed by atoms with Gasteiger partial charge in [0.1, 0.15) is 0 Å². The maximum atomic E-state index is 6.15. The number of aromatic nitrogens is 2. The van der Waals surface area contributed by atoms with E-state index in [2.05, 4.69) is 45.7 Å². The van der Waals surface area contributed by atoms with Gasteiger partial charge in [0.2, 0.25) is 0 Å². The number of rotatable bonds is 6. The third-order valence-electron chi connectivity index (χ3n) is 3.70. The Morgan fingerprint density at radius 3 is 2.95 bits per heavy atom. The lowest BCUT2D eigenvalue weighted by molar-refractivity contribution is 0.239. The molecule has 5 heteroatoms. The third kappa shape index (κ3) is 2.86. The first-order chi connectivity index (χ1) is 9.62. The van der Waals surface area contributed by atoms with Crippen molar-refractivity contribution in [3.05, 3.63) is 40.2 Å². The lowest BCUT2D eigenvalue weighted by atomic mass is 9.92. The number of halogens is 2. The topological polar surface area (TPSA) is 37.9 Å². The predicted molar refractivity (Wildman–Crippen MR) is 87.0 cm³/mol. The molecule has 108 valence electrons. The average molecular weight is 358 g/mol. The van der Waals surface area contributed by atoms with Gasteiger partial charge in [-0.1, -0.05) is 13.5 Å². The first-order valence-corrected chi connectivity index (χ1v) is 7.87. The number of H-pyrrole nitrogens is 1. The van der Waals surface area contributed by atoms with E-state index in [1.165, 1.54) is 5.56 Å². The summed E-state index contributed by atoms with van der Waals surface area (Å²) in [5, 5.41) is 8.17. The number of hydrogen-bond donors (Lipinski definition) is 1. The highest BCUT2D eigenvalue weighted by atomic mass is 79.9. The Balaban J connectivity index is 2.45. The van der Waals surface area contributed by atoms with Crippen LogP contribution in [0.15, 0.2) is 29.1 Å². The van der Waals surface area contributed by atoms with Gasteiger partial charge in [-0.3, -0.25) is 5.10 Å². The molecule has 0 spiro atoms. The van der Waals surface area contributed by atoms with E-state index in [0.717, 1.165) is 39.5 Å². The van der Waals surface area contributed by atoms with Gasteiger partial charge in [0.05, 0.1) is 24.6 Å². The monoisotopic (exact) mass is 356 g/mol. The zero-order valence-corrected chi connectivity index (χ0v) is 14.0. The summed E-state index contributed by atoms with van der Waals surface area (Å²) < 4.78 is 6.30. The minimum atomic E-state index is 0.290. The number of nitrogens with one attached hydrogen (secondary N) is 1. The smallest absolute Gasteiger partial charge is 0.0917 e. The van der Waals surface area contributed by atoms with E-state index in [9.17, 15) is 0 Å². The van der Waals surface area contributed by atoms with E-state index in [1.807, 2.05) is 6.20 Å². The quantitative estimate of drug-likeness (QED) is 0.596. The van der Waals surface area contributed by atoms with Gasteiger partial charge in [-0.2, -0.15) is 5.10 Å². The van der Waals surface area contributed by atoms with Crippen molar-refractivity contribution >= 4 is 38.4 Å². The van der Waals surface area contributed by atoms with Gasteiger partial charge in [-0.15, -0.1) is 11.6 Å². The zero-order chi connectivity index (χ0) is 14.7. The number of methoxy groups -OCH3 is 1. The van der Waals surface area contributed by atoms with Gasteiger partial charge in [0.25, 0.3) is 0 Å². The molecular weight excluding hydrogens is 340 g/mol. The highest BCUT2D eigenvalue weighted by molar-refractivity contribution is 9.10. The Bertz CT molecular complexity index is 624. The Kier molecular flexibility index (Phi) is 5.11. The fourth-order valence-electron chi connectivity index (χ4n) is 2.44. The molecule has 1 N–H and O–H groups in total. The van der Waals surface area contributed by atoms with Gasteiger partial charge in [-0.25, -0.2) is 0 Å². The summed E-state index contributed by atoms with van der Waals surface area (Å²) in [6.45, 7) is 6.12. The Morgan fingerprint density at radius 1 is 1.60 bits per heavy atom. The molecule has 1 atom stereocenters. The first-order valence-electron chi connectivity index (χ1n) is 6.54. The molecule has 2 rings (SSSR count). The molecule has 0 amide bonds. The summed E-state index contributed by atoms with van der Waals surface area (Å²) >= 11 is 9.74. The Hall–Kier alpha value is -1.00. The maximum absolute atomic E-state index is 6.15. The molecule has 0 aliphatic heterocycles. The Morgan fingerprint density at radius 2 is 2.35 bits per heavy atom. The molecule has 0 bridgehead atoms. The first kappa shape index (κ1) is 15.4. The van der Waals surface area contributed by atoms with Crippen molar-refractivity contribution in [2.75, 3.05) is 7.11 Å². The molecule has 0 aliphatic carbocycles. The molecule has 2 aromatic rings. The predicted octanol–water partition coefficient (Wildman–Crippen LogP) is 4.79. The van der Waals surface area contributed by atoms with Crippen molar-refractivity contribution in [2.24, 2.45) is 5.92 Å². The van der Waals surface area contributed by atoms with Crippen LogP contribution in [0.1, 0.15) is 24.5 Å². The van der Waals surface area contributed by atoms with Gasteiger partial charge in [0.15, 0.2) is 0 Å². The molecule has 0 saturated carbocycles. The molecule has 0 aliphatic rings. The highest BCUT2D eigenvalue weighted by Gasteiger charge is 2.17. The summed E-state index contributed by atoms with van der Waals surface area (Å²) in [6, 6.07) is 2.11. The van der Waals surface area contributed by atoms with Crippen molar-refractivity contribution < 1.29 is 4.74 Å². The minimum absolute atomic E-state index is 0.290. The number of ether oxygens (including phenoxy) is 1. The van der Waals surface area contributed by atoms with Crippen molar-refractivity contribution in [1.29, 1.82) is 0 Å². The molecule has 20 heavy (non-hydrogen) atoms. The van der Waals surface area contributed by atoms with E-state index >= 15 is 0 Å². The van der Waals surface area contributed by atoms with Crippen LogP contribution >= 0.6 is 27.5 Å². The van der Waals surface area contributed by atoms with Gasteiger partial charge < -0.3 is 4.74 Å². The van der Waals surface area contributed by atoms with E-state index in [0.29, 0.717) is 11.8 Å². The molecule has 0 fully saturated rings. The lowest BCUT2D eigenvalue weighted by Gasteiger charge is -2.19. The molecule has 3 nitrogen and oxygen atoms in total. The number of aromatic amines is 1. The number of hydrogen-bond acceptors (Lipinski definition) is 2. The largest absolute Gasteiger partial charge is 0.501 e. The third-order valence-corrected chi connectivity index (χ3v) is 4.59. The molecule has 0 unspecified atom stereocenters. The number of fused-ring (bicyclic) bond motifs is 1. The van der Waals surface area contributed by atoms with Crippen molar-refractivity contribution in [2.45, 2.75) is 25.6 Å². The number of allylic oxidation sites excluding steroid dienone is 1. The van der Waals surface area contributed by atoms with Crippen LogP contribution in [-0.4, -0.2) is 17.3 Å². The maximum Gasteiger partial charge on any atom is 0.0917 e. The molecule has 0 radical (unpaired) electrons. The highest BCUT2D eigenvalue weighted by Crippen LogP contribution is 2.32. The van der Waals surface area contributed by atoms with Gasteiger partial charge in [-0.05, 0) is 46.0 Å². The van der Waals surface area contributed by atoms with Crippen LogP contribution < -0.4 is 0 Å². The summed E-state index contributed by atoms with van der Waals surface area (Å²) in [7, 11) is 1.67. The summed E-state index contributed by atoms with van der Waals surface area (Å²) in [6.07, 6.45) is 3.67. The number of benzene rings is 1. The van der Waals surface area contributed by atoms with Crippen molar-refractivity contribution in [1.82, 2.24) is 10.2 Å². The van der Waals surface area contributed by atoms with Gasteiger partial charge >= 0.3 is 0 Å². The standard InChI is InChI=1S/C15H18BrClN2O/c1-4-10(9(2)20-3)5-11-6-14(16)15-13(8-18-19-15)12(11)7-17/h6,8,10H,2,4-5,7H2,1,3H3,(H,18,19)/t10-/m1/s1. The molecule has 1 aromatic carbocycles. The van der Waals surface area contributed by atoms with Crippen LogP contribution in [0.25, 0.3) is 10.9 Å². The van der Waals surface area contributed by atoms with E-state index in [1.54, 1.807) is 7.11 Å². The molecular formula is C15H18BrClN2O. The summed E-state index contributed by atoms with van der Waals surface area (Å²) in [5.74, 6) is 1.57. The van der Waals surface area contributed by atoms with E-state index in [4.69, 9.17) is 16.3 Å². The number of alkyl halides is 1. The lowest BCUT2D eigenvalue weighted by Crippen LogP contribution is -2.09. The van der Waals surface area contributed by atoms with Crippen LogP contribution in [0.2, 0.25) is 0 Å². The number of nitrogens with zero attached hydrogens (tertiary/aromatic N) is 1. The van der Waals surface area contributed by atoms with Crippen LogP contribution in [0.4, 0.5) is 0 Å². The van der Waals surface area contributed by atoms with Gasteiger partial charge in [0, 0.05) is 21.7 Å². The summed E-state index contributed by atoms with van der Waals surface area (Å²) in [4.78, 5) is 0. The molecule has 0 saturated heterocycles. The van der Waals surface area contributed by atoms with Crippen LogP contribution in [0, 0.1) is 5.92 Å².